The van der Waals surface area contributed by atoms with Gasteiger partial charge in [0, 0.05) is 17.2 Å². The van der Waals surface area contributed by atoms with E-state index in [1.165, 1.54) is 5.39 Å². The number of piperidine rings is 1. The molecule has 156 valence electrons. The molecular formula is C25H24N4O2. The van der Waals surface area contributed by atoms with E-state index >= 15 is 0 Å². The molecule has 2 heterocycles. The van der Waals surface area contributed by atoms with Crippen molar-refractivity contribution >= 4 is 22.4 Å². The van der Waals surface area contributed by atoms with Crippen LogP contribution in [0.1, 0.15) is 18.7 Å². The Kier molecular flexibility index (Phi) is 5.46. The number of carbonyl (C=O) groups is 1. The van der Waals surface area contributed by atoms with E-state index in [1.54, 1.807) is 0 Å². The zero-order valence-electron chi connectivity index (χ0n) is 17.2. The molecule has 1 amide bonds. The molecule has 0 radical (unpaired) electrons. The summed E-state index contributed by atoms with van der Waals surface area (Å²) >= 11 is 0. The summed E-state index contributed by atoms with van der Waals surface area (Å²) in [6, 6.07) is 24.0. The van der Waals surface area contributed by atoms with Crippen LogP contribution < -0.4 is 5.32 Å². The van der Waals surface area contributed by atoms with Gasteiger partial charge >= 0.3 is 0 Å². The van der Waals surface area contributed by atoms with Gasteiger partial charge in [0.05, 0.1) is 6.54 Å². The predicted molar refractivity (Wildman–Crippen MR) is 120 cm³/mol. The van der Waals surface area contributed by atoms with Crippen LogP contribution in [-0.4, -0.2) is 34.0 Å². The lowest BCUT2D eigenvalue weighted by Crippen LogP contribution is -2.37. The summed E-state index contributed by atoms with van der Waals surface area (Å²) in [5, 5.41) is 9.48. The van der Waals surface area contributed by atoms with Gasteiger partial charge in [0.1, 0.15) is 0 Å². The number of amides is 1. The molecule has 0 unspecified atom stereocenters. The number of hydrogen-bond acceptors (Lipinski definition) is 5. The SMILES string of the molecule is O=C(Nc1ccc2ccccc2c1)C1CCN(Cc2nc(-c3ccccc3)no2)CC1. The minimum Gasteiger partial charge on any atom is -0.338 e. The lowest BCUT2D eigenvalue weighted by atomic mass is 9.95. The average molecular weight is 412 g/mol. The second kappa shape index (κ2) is 8.70. The van der Waals surface area contributed by atoms with E-state index in [4.69, 9.17) is 4.52 Å². The molecule has 1 aliphatic heterocycles. The molecule has 6 heteroatoms. The Morgan fingerprint density at radius 2 is 1.71 bits per heavy atom. The summed E-state index contributed by atoms with van der Waals surface area (Å²) in [6.45, 7) is 2.27. The van der Waals surface area contributed by atoms with E-state index < -0.39 is 0 Å². The third kappa shape index (κ3) is 4.49. The third-order valence-electron chi connectivity index (χ3n) is 5.83. The molecule has 6 nitrogen and oxygen atoms in total. The van der Waals surface area contributed by atoms with Gasteiger partial charge in [-0.05, 0) is 48.8 Å². The molecule has 0 atom stereocenters. The number of fused-ring (bicyclic) bond motifs is 1. The fraction of sp³-hybridized carbons (Fsp3) is 0.240. The van der Waals surface area contributed by atoms with E-state index in [9.17, 15) is 4.79 Å². The van der Waals surface area contributed by atoms with Crippen molar-refractivity contribution in [3.05, 3.63) is 78.7 Å². The van der Waals surface area contributed by atoms with Crippen molar-refractivity contribution in [2.75, 3.05) is 18.4 Å². The quantitative estimate of drug-likeness (QED) is 0.513. The van der Waals surface area contributed by atoms with Gasteiger partial charge < -0.3 is 9.84 Å². The summed E-state index contributed by atoms with van der Waals surface area (Å²) in [6.07, 6.45) is 1.64. The van der Waals surface area contributed by atoms with Crippen LogP contribution in [0.4, 0.5) is 5.69 Å². The van der Waals surface area contributed by atoms with E-state index in [2.05, 4.69) is 32.5 Å². The average Bonchev–Trinajstić information content (AvgIpc) is 3.28. The first-order valence-electron chi connectivity index (χ1n) is 10.6. The topological polar surface area (TPSA) is 71.3 Å². The van der Waals surface area contributed by atoms with Crippen LogP contribution >= 0.6 is 0 Å². The summed E-state index contributed by atoms with van der Waals surface area (Å²) in [5.74, 6) is 1.34. The number of carbonyl (C=O) groups excluding carboxylic acids is 1. The van der Waals surface area contributed by atoms with Crippen molar-refractivity contribution < 1.29 is 9.32 Å². The number of likely N-dealkylation sites (tertiary alicyclic amines) is 1. The lowest BCUT2D eigenvalue weighted by molar-refractivity contribution is -0.121. The first kappa shape index (κ1) is 19.5. The highest BCUT2D eigenvalue weighted by atomic mass is 16.5. The molecule has 0 aliphatic carbocycles. The molecule has 3 aromatic carbocycles. The highest BCUT2D eigenvalue weighted by Gasteiger charge is 2.26. The van der Waals surface area contributed by atoms with Gasteiger partial charge in [-0.2, -0.15) is 4.98 Å². The molecule has 31 heavy (non-hydrogen) atoms. The largest absolute Gasteiger partial charge is 0.338 e. The number of nitrogens with zero attached hydrogens (tertiary/aromatic N) is 3. The van der Waals surface area contributed by atoms with Crippen molar-refractivity contribution in [2.45, 2.75) is 19.4 Å². The molecule has 1 N–H and O–H groups in total. The molecule has 1 aromatic heterocycles. The molecule has 5 rings (SSSR count). The van der Waals surface area contributed by atoms with Crippen LogP contribution in [0.5, 0.6) is 0 Å². The minimum absolute atomic E-state index is 0.0188. The first-order valence-corrected chi connectivity index (χ1v) is 10.6. The van der Waals surface area contributed by atoms with Crippen molar-refractivity contribution in [3.8, 4) is 11.4 Å². The number of benzene rings is 3. The van der Waals surface area contributed by atoms with Gasteiger partial charge in [0.15, 0.2) is 0 Å². The number of hydrogen-bond donors (Lipinski definition) is 1. The van der Waals surface area contributed by atoms with Gasteiger partial charge in [0.25, 0.3) is 0 Å². The maximum absolute atomic E-state index is 12.8. The highest BCUT2D eigenvalue weighted by Crippen LogP contribution is 2.23. The normalized spacial score (nSPS) is 15.2. The summed E-state index contributed by atoms with van der Waals surface area (Å²) < 4.78 is 5.43. The number of aromatic nitrogens is 2. The Morgan fingerprint density at radius 1 is 0.968 bits per heavy atom. The van der Waals surface area contributed by atoms with Crippen molar-refractivity contribution in [2.24, 2.45) is 5.92 Å². The Balaban J connectivity index is 1.15. The maximum atomic E-state index is 12.8. The smallest absolute Gasteiger partial charge is 0.241 e. The monoisotopic (exact) mass is 412 g/mol. The van der Waals surface area contributed by atoms with Crippen molar-refractivity contribution in [1.82, 2.24) is 15.0 Å². The summed E-state index contributed by atoms with van der Waals surface area (Å²) in [5.41, 5.74) is 1.80. The maximum Gasteiger partial charge on any atom is 0.241 e. The molecule has 4 aromatic rings. The predicted octanol–water partition coefficient (Wildman–Crippen LogP) is 4.74. The van der Waals surface area contributed by atoms with E-state index in [0.717, 1.165) is 42.6 Å². The van der Waals surface area contributed by atoms with Gasteiger partial charge in [-0.1, -0.05) is 65.8 Å². The summed E-state index contributed by atoms with van der Waals surface area (Å²) in [4.78, 5) is 19.5. The van der Waals surface area contributed by atoms with Crippen molar-refractivity contribution in [3.63, 3.8) is 0 Å². The molecule has 0 spiro atoms. The molecule has 0 bridgehead atoms. The lowest BCUT2D eigenvalue weighted by Gasteiger charge is -2.30. The van der Waals surface area contributed by atoms with Gasteiger partial charge in [0.2, 0.25) is 17.6 Å². The Bertz CT molecular complexity index is 1180. The van der Waals surface area contributed by atoms with Gasteiger partial charge in [-0.25, -0.2) is 0 Å². The number of nitrogens with one attached hydrogen (secondary N) is 1. The zero-order chi connectivity index (χ0) is 21.0. The number of anilines is 1. The molecular weight excluding hydrogens is 388 g/mol. The minimum atomic E-state index is 0.0188. The standard InChI is InChI=1S/C25H24N4O2/c30-25(26-22-11-10-18-6-4-5-9-21(18)16-22)20-12-14-29(15-13-20)17-23-27-24(28-31-23)19-7-2-1-3-8-19/h1-11,16,20H,12-15,17H2,(H,26,30). The fourth-order valence-corrected chi connectivity index (χ4v) is 4.08. The fourth-order valence-electron chi connectivity index (χ4n) is 4.08. The Labute approximate surface area is 180 Å². The number of rotatable bonds is 5. The van der Waals surface area contributed by atoms with E-state index in [-0.39, 0.29) is 11.8 Å². The van der Waals surface area contributed by atoms with Crippen LogP contribution in [0.15, 0.2) is 77.3 Å². The first-order chi connectivity index (χ1) is 15.2. The van der Waals surface area contributed by atoms with Crippen LogP contribution in [0, 0.1) is 5.92 Å². The summed E-state index contributed by atoms with van der Waals surface area (Å²) in [7, 11) is 0. The van der Waals surface area contributed by atoms with Crippen LogP contribution in [0.25, 0.3) is 22.2 Å². The van der Waals surface area contributed by atoms with Crippen LogP contribution in [-0.2, 0) is 11.3 Å². The molecule has 1 saturated heterocycles. The van der Waals surface area contributed by atoms with Gasteiger partial charge in [-0.15, -0.1) is 0 Å². The van der Waals surface area contributed by atoms with Crippen molar-refractivity contribution in [1.29, 1.82) is 0 Å². The highest BCUT2D eigenvalue weighted by molar-refractivity contribution is 5.95. The van der Waals surface area contributed by atoms with Gasteiger partial charge in [-0.3, -0.25) is 9.69 Å². The van der Waals surface area contributed by atoms with E-state index in [0.29, 0.717) is 18.3 Å². The second-order valence-electron chi connectivity index (χ2n) is 7.98. The Hall–Kier alpha value is -3.51. The third-order valence-corrected chi connectivity index (χ3v) is 5.83. The molecule has 0 saturated carbocycles. The molecule has 1 aliphatic rings. The zero-order valence-corrected chi connectivity index (χ0v) is 17.2. The van der Waals surface area contributed by atoms with Crippen LogP contribution in [0.2, 0.25) is 0 Å². The molecule has 1 fully saturated rings. The second-order valence-corrected chi connectivity index (χ2v) is 7.98. The Morgan fingerprint density at radius 3 is 2.52 bits per heavy atom. The van der Waals surface area contributed by atoms with Crippen LogP contribution in [0.3, 0.4) is 0 Å². The van der Waals surface area contributed by atoms with E-state index in [1.807, 2.05) is 60.7 Å².